The lowest BCUT2D eigenvalue weighted by atomic mass is 9.82. The summed E-state index contributed by atoms with van der Waals surface area (Å²) < 4.78 is 11.6. The van der Waals surface area contributed by atoms with Crippen molar-refractivity contribution >= 4 is 28.3 Å². The Morgan fingerprint density at radius 1 is 1.00 bits per heavy atom. The van der Waals surface area contributed by atoms with Crippen LogP contribution in [0.5, 0.6) is 11.5 Å². The van der Waals surface area contributed by atoms with Crippen molar-refractivity contribution in [2.45, 2.75) is 5.92 Å². The van der Waals surface area contributed by atoms with Gasteiger partial charge in [-0.25, -0.2) is 0 Å². The van der Waals surface area contributed by atoms with Crippen molar-refractivity contribution in [2.75, 3.05) is 7.11 Å². The van der Waals surface area contributed by atoms with Crippen LogP contribution in [0.25, 0.3) is 10.8 Å². The maximum atomic E-state index is 13.2. The van der Waals surface area contributed by atoms with E-state index in [2.05, 4.69) is 11.4 Å². The zero-order chi connectivity index (χ0) is 23.7. The van der Waals surface area contributed by atoms with E-state index in [1.54, 1.807) is 36.4 Å². The number of hydrogen-bond acceptors (Lipinski definition) is 4. The molecule has 0 saturated carbocycles. The largest absolute Gasteiger partial charge is 0.496 e. The second-order valence-electron chi connectivity index (χ2n) is 7.80. The summed E-state index contributed by atoms with van der Waals surface area (Å²) in [6.07, 6.45) is 0. The molecule has 0 bridgehead atoms. The lowest BCUT2D eigenvalue weighted by Crippen LogP contribution is -2.31. The van der Waals surface area contributed by atoms with Gasteiger partial charge in [-0.1, -0.05) is 72.3 Å². The first-order valence-corrected chi connectivity index (χ1v) is 11.0. The Hall–Kier alpha value is -4.27. The number of carbonyl (C=O) groups is 1. The third-order valence-corrected chi connectivity index (χ3v) is 6.11. The van der Waals surface area contributed by atoms with E-state index in [0.717, 1.165) is 21.9 Å². The Bertz CT molecular complexity index is 1490. The first-order valence-electron chi connectivity index (χ1n) is 10.6. The Balaban J connectivity index is 1.67. The average molecular weight is 467 g/mol. The van der Waals surface area contributed by atoms with E-state index in [4.69, 9.17) is 21.1 Å². The molecule has 0 spiro atoms. The van der Waals surface area contributed by atoms with E-state index in [1.165, 1.54) is 7.11 Å². The molecule has 1 aliphatic heterocycles. The van der Waals surface area contributed by atoms with Gasteiger partial charge in [-0.15, -0.1) is 0 Å². The van der Waals surface area contributed by atoms with Crippen LogP contribution < -0.4 is 14.8 Å². The van der Waals surface area contributed by atoms with Gasteiger partial charge in [0.2, 0.25) is 5.88 Å². The highest BCUT2D eigenvalue weighted by Crippen LogP contribution is 2.45. The molecule has 1 heterocycles. The molecule has 1 aliphatic rings. The van der Waals surface area contributed by atoms with Crippen molar-refractivity contribution in [3.63, 3.8) is 0 Å². The number of amides is 1. The van der Waals surface area contributed by atoms with Crippen LogP contribution in [-0.4, -0.2) is 13.0 Å². The van der Waals surface area contributed by atoms with Crippen molar-refractivity contribution in [2.24, 2.45) is 0 Å². The third-order valence-electron chi connectivity index (χ3n) is 5.86. The number of halogens is 1. The number of nitriles is 1. The lowest BCUT2D eigenvalue weighted by molar-refractivity contribution is 0.0945. The van der Waals surface area contributed by atoms with Crippen molar-refractivity contribution in [1.82, 2.24) is 5.32 Å². The van der Waals surface area contributed by atoms with Crippen LogP contribution in [0.4, 0.5) is 0 Å². The van der Waals surface area contributed by atoms with Gasteiger partial charge in [0.25, 0.3) is 5.91 Å². The summed E-state index contributed by atoms with van der Waals surface area (Å²) in [6, 6.07) is 28.3. The van der Waals surface area contributed by atoms with Crippen molar-refractivity contribution < 1.29 is 14.3 Å². The number of fused-ring (bicyclic) bond motifs is 3. The van der Waals surface area contributed by atoms with Crippen LogP contribution in [0, 0.1) is 11.3 Å². The summed E-state index contributed by atoms with van der Waals surface area (Å²) in [5.74, 6) is 0.256. The summed E-state index contributed by atoms with van der Waals surface area (Å²) in [5.41, 5.74) is 2.34. The van der Waals surface area contributed by atoms with E-state index < -0.39 is 11.8 Å². The summed E-state index contributed by atoms with van der Waals surface area (Å²) in [5, 5.41) is 15.5. The molecule has 34 heavy (non-hydrogen) atoms. The molecule has 1 atom stereocenters. The topological polar surface area (TPSA) is 71.3 Å². The molecule has 0 aromatic heterocycles. The minimum atomic E-state index is -0.441. The second-order valence-corrected chi connectivity index (χ2v) is 8.24. The van der Waals surface area contributed by atoms with Crippen molar-refractivity contribution in [3.8, 4) is 17.6 Å². The number of para-hydroxylation sites is 1. The molecule has 0 aliphatic carbocycles. The molecule has 0 radical (unpaired) electrons. The molecular weight excluding hydrogens is 448 g/mol. The van der Waals surface area contributed by atoms with E-state index >= 15 is 0 Å². The summed E-state index contributed by atoms with van der Waals surface area (Å²) in [4.78, 5) is 13.2. The maximum absolute atomic E-state index is 13.2. The number of allylic oxidation sites excluding steroid dienone is 1. The Kier molecular flexibility index (Phi) is 5.67. The predicted molar refractivity (Wildman–Crippen MR) is 131 cm³/mol. The number of hydrogen-bond donors (Lipinski definition) is 1. The molecule has 166 valence electrons. The lowest BCUT2D eigenvalue weighted by Gasteiger charge is -2.29. The molecular formula is C28H19ClN2O3. The van der Waals surface area contributed by atoms with Crippen LogP contribution in [0.3, 0.4) is 0 Å². The van der Waals surface area contributed by atoms with Gasteiger partial charge in [-0.2, -0.15) is 5.26 Å². The highest BCUT2D eigenvalue weighted by Gasteiger charge is 2.33. The fourth-order valence-corrected chi connectivity index (χ4v) is 4.38. The molecule has 1 amide bonds. The van der Waals surface area contributed by atoms with E-state index in [-0.39, 0.29) is 5.88 Å². The highest BCUT2D eigenvalue weighted by atomic mass is 35.5. The van der Waals surface area contributed by atoms with Gasteiger partial charge in [0.15, 0.2) is 0 Å². The first-order chi connectivity index (χ1) is 16.6. The molecule has 4 aromatic carbocycles. The standard InChI is InChI=1S/C28H19ClN2O3/c1-33-24-9-5-4-8-21(24)27(32)31-28-23(16-30)25(18-10-13-19(29)14-11-18)22-15-12-17-6-2-3-7-20(17)26(22)34-28/h2-15,25H,1H3,(H,31,32). The highest BCUT2D eigenvalue weighted by molar-refractivity contribution is 6.30. The van der Waals surface area contributed by atoms with Crippen LogP contribution in [0.15, 0.2) is 96.4 Å². The molecule has 4 aromatic rings. The minimum Gasteiger partial charge on any atom is -0.496 e. The summed E-state index contributed by atoms with van der Waals surface area (Å²) >= 11 is 6.12. The second kappa shape index (κ2) is 8.93. The van der Waals surface area contributed by atoms with Crippen molar-refractivity contribution in [1.29, 1.82) is 5.26 Å². The Morgan fingerprint density at radius 2 is 1.74 bits per heavy atom. The van der Waals surface area contributed by atoms with E-state index in [9.17, 15) is 10.1 Å². The van der Waals surface area contributed by atoms with Gasteiger partial charge in [0.05, 0.1) is 18.6 Å². The number of nitrogens with zero attached hydrogens (tertiary/aromatic N) is 1. The normalized spacial score (nSPS) is 14.7. The van der Waals surface area contributed by atoms with Gasteiger partial charge in [0, 0.05) is 16.0 Å². The number of carbonyl (C=O) groups excluding carboxylic acids is 1. The summed E-state index contributed by atoms with van der Waals surface area (Å²) in [6.45, 7) is 0. The molecule has 0 fully saturated rings. The molecule has 5 rings (SSSR count). The van der Waals surface area contributed by atoms with Crippen molar-refractivity contribution in [3.05, 3.63) is 118 Å². The predicted octanol–water partition coefficient (Wildman–Crippen LogP) is 6.19. The SMILES string of the molecule is COc1ccccc1C(=O)NC1=C(C#N)C(c2ccc(Cl)cc2)c2ccc3ccccc3c2O1. The third kappa shape index (κ3) is 3.75. The van der Waals surface area contributed by atoms with Gasteiger partial charge < -0.3 is 9.47 Å². The number of benzene rings is 4. The van der Waals surface area contributed by atoms with E-state index in [1.807, 2.05) is 48.5 Å². The molecule has 1 unspecified atom stereocenters. The summed E-state index contributed by atoms with van der Waals surface area (Å²) in [7, 11) is 1.50. The smallest absolute Gasteiger partial charge is 0.261 e. The number of rotatable bonds is 4. The van der Waals surface area contributed by atoms with Gasteiger partial charge in [-0.3, -0.25) is 10.1 Å². The number of nitrogens with one attached hydrogen (secondary N) is 1. The van der Waals surface area contributed by atoms with Crippen LogP contribution in [-0.2, 0) is 0 Å². The molecule has 0 saturated heterocycles. The van der Waals surface area contributed by atoms with Crippen LogP contribution in [0.2, 0.25) is 5.02 Å². The zero-order valence-electron chi connectivity index (χ0n) is 18.2. The van der Waals surface area contributed by atoms with Crippen LogP contribution >= 0.6 is 11.6 Å². The number of methoxy groups -OCH3 is 1. The Labute approximate surface area is 201 Å². The molecule has 5 nitrogen and oxygen atoms in total. The maximum Gasteiger partial charge on any atom is 0.261 e. The van der Waals surface area contributed by atoms with E-state index in [0.29, 0.717) is 27.7 Å². The first kappa shape index (κ1) is 21.6. The fraction of sp³-hybridized carbons (Fsp3) is 0.0714. The molecule has 6 heteroatoms. The quantitative estimate of drug-likeness (QED) is 0.389. The molecule has 1 N–H and O–H groups in total. The number of ether oxygens (including phenoxy) is 2. The average Bonchev–Trinajstić information content (AvgIpc) is 2.88. The zero-order valence-corrected chi connectivity index (χ0v) is 19.0. The monoisotopic (exact) mass is 466 g/mol. The fourth-order valence-electron chi connectivity index (χ4n) is 4.26. The van der Waals surface area contributed by atoms with Gasteiger partial charge in [-0.05, 0) is 35.2 Å². The van der Waals surface area contributed by atoms with Crippen LogP contribution in [0.1, 0.15) is 27.4 Å². The van der Waals surface area contributed by atoms with Gasteiger partial charge >= 0.3 is 0 Å². The van der Waals surface area contributed by atoms with Gasteiger partial charge in [0.1, 0.15) is 23.1 Å². The minimum absolute atomic E-state index is 0.0993. The Morgan fingerprint density at radius 3 is 2.50 bits per heavy atom.